The zero-order valence-corrected chi connectivity index (χ0v) is 9.66. The van der Waals surface area contributed by atoms with E-state index in [4.69, 9.17) is 0 Å². The predicted octanol–water partition coefficient (Wildman–Crippen LogP) is 4.08. The van der Waals surface area contributed by atoms with E-state index in [1.165, 1.54) is 25.7 Å². The zero-order valence-electron chi connectivity index (χ0n) is 9.66. The fraction of sp³-hybridized carbons (Fsp3) is 0.571. The molecule has 0 heterocycles. The van der Waals surface area contributed by atoms with E-state index in [0.717, 1.165) is 5.56 Å². The van der Waals surface area contributed by atoms with Crippen molar-refractivity contribution in [1.82, 2.24) is 0 Å². The van der Waals surface area contributed by atoms with Crippen molar-refractivity contribution in [3.8, 4) is 5.75 Å². The van der Waals surface area contributed by atoms with Crippen LogP contribution in [0.1, 0.15) is 51.0 Å². The molecule has 1 unspecified atom stereocenters. The number of rotatable bonds is 1. The van der Waals surface area contributed by atoms with Crippen LogP contribution in [0.2, 0.25) is 0 Å². The molecule has 0 radical (unpaired) electrons. The van der Waals surface area contributed by atoms with Crippen molar-refractivity contribution in [2.45, 2.75) is 45.4 Å². The minimum Gasteiger partial charge on any atom is -0.508 e. The summed E-state index contributed by atoms with van der Waals surface area (Å²) in [5, 5.41) is 9.89. The molecule has 1 aromatic rings. The van der Waals surface area contributed by atoms with Gasteiger partial charge in [0.15, 0.2) is 0 Å². The lowest BCUT2D eigenvalue weighted by Gasteiger charge is -2.39. The van der Waals surface area contributed by atoms with Crippen LogP contribution in [0.5, 0.6) is 5.75 Å². The number of para-hydroxylation sites is 1. The molecule has 82 valence electrons. The molecule has 0 aliphatic heterocycles. The van der Waals surface area contributed by atoms with Crippen LogP contribution in [0.3, 0.4) is 0 Å². The summed E-state index contributed by atoms with van der Waals surface area (Å²) in [7, 11) is 0. The molecule has 1 aliphatic rings. The summed E-state index contributed by atoms with van der Waals surface area (Å²) in [5.74, 6) is 0.991. The molecule has 15 heavy (non-hydrogen) atoms. The van der Waals surface area contributed by atoms with Gasteiger partial charge in [-0.05, 0) is 35.8 Å². The molecule has 1 nitrogen and oxygen atoms in total. The lowest BCUT2D eigenvalue weighted by molar-refractivity contribution is 0.196. The minimum atomic E-state index is 0.330. The number of benzene rings is 1. The van der Waals surface area contributed by atoms with Crippen LogP contribution in [-0.2, 0) is 0 Å². The maximum atomic E-state index is 9.89. The highest BCUT2D eigenvalue weighted by molar-refractivity contribution is 5.36. The molecule has 1 fully saturated rings. The van der Waals surface area contributed by atoms with Gasteiger partial charge in [0, 0.05) is 0 Å². The van der Waals surface area contributed by atoms with Gasteiger partial charge >= 0.3 is 0 Å². The van der Waals surface area contributed by atoms with Gasteiger partial charge in [-0.3, -0.25) is 0 Å². The third-order valence-electron chi connectivity index (χ3n) is 3.82. The molecule has 1 aromatic carbocycles. The standard InChI is InChI=1S/C14H20O/c1-14(2)10-6-5-8-12(14)11-7-3-4-9-13(11)15/h3-4,7,9,12,15H,5-6,8,10H2,1-2H3. The first-order valence-electron chi connectivity index (χ1n) is 5.89. The Kier molecular flexibility index (Phi) is 2.72. The van der Waals surface area contributed by atoms with Gasteiger partial charge in [-0.25, -0.2) is 0 Å². The highest BCUT2D eigenvalue weighted by atomic mass is 16.3. The summed E-state index contributed by atoms with van der Waals surface area (Å²) in [6.07, 6.45) is 5.11. The maximum absolute atomic E-state index is 9.89. The van der Waals surface area contributed by atoms with Crippen LogP contribution in [0.15, 0.2) is 24.3 Å². The van der Waals surface area contributed by atoms with Crippen LogP contribution >= 0.6 is 0 Å². The maximum Gasteiger partial charge on any atom is 0.119 e. The van der Waals surface area contributed by atoms with E-state index < -0.39 is 0 Å². The molecular weight excluding hydrogens is 184 g/mol. The SMILES string of the molecule is CC1(C)CCCCC1c1ccccc1O. The van der Waals surface area contributed by atoms with E-state index in [1.54, 1.807) is 6.07 Å². The number of phenols is 1. The van der Waals surface area contributed by atoms with Crippen LogP contribution in [0, 0.1) is 5.41 Å². The quantitative estimate of drug-likeness (QED) is 0.731. The second kappa shape index (κ2) is 3.88. The van der Waals surface area contributed by atoms with Crippen LogP contribution in [0.4, 0.5) is 0 Å². The molecule has 0 bridgehead atoms. The van der Waals surface area contributed by atoms with E-state index in [9.17, 15) is 5.11 Å². The van der Waals surface area contributed by atoms with Crippen LogP contribution < -0.4 is 0 Å². The number of phenolic OH excluding ortho intramolecular Hbond substituents is 1. The Balaban J connectivity index is 2.33. The predicted molar refractivity (Wildman–Crippen MR) is 63.1 cm³/mol. The molecule has 1 atom stereocenters. The van der Waals surface area contributed by atoms with Gasteiger partial charge in [-0.1, -0.05) is 44.9 Å². The summed E-state index contributed by atoms with van der Waals surface area (Å²) >= 11 is 0. The molecule has 1 heteroatoms. The number of hydrogen-bond acceptors (Lipinski definition) is 1. The summed E-state index contributed by atoms with van der Waals surface area (Å²) in [6.45, 7) is 4.65. The molecule has 1 N–H and O–H groups in total. The molecule has 0 aromatic heterocycles. The second-order valence-electron chi connectivity index (χ2n) is 5.35. The summed E-state index contributed by atoms with van der Waals surface area (Å²) < 4.78 is 0. The largest absolute Gasteiger partial charge is 0.508 e. The molecule has 1 saturated carbocycles. The van der Waals surface area contributed by atoms with E-state index in [2.05, 4.69) is 19.9 Å². The summed E-state index contributed by atoms with van der Waals surface area (Å²) in [6, 6.07) is 7.81. The van der Waals surface area contributed by atoms with E-state index in [-0.39, 0.29) is 0 Å². The average molecular weight is 204 g/mol. The van der Waals surface area contributed by atoms with Crippen LogP contribution in [0.25, 0.3) is 0 Å². The second-order valence-corrected chi connectivity index (χ2v) is 5.35. The fourth-order valence-electron chi connectivity index (χ4n) is 2.85. The summed E-state index contributed by atoms with van der Waals surface area (Å²) in [4.78, 5) is 0. The van der Waals surface area contributed by atoms with E-state index in [1.807, 2.05) is 12.1 Å². The first-order chi connectivity index (χ1) is 7.11. The Morgan fingerprint density at radius 1 is 1.20 bits per heavy atom. The van der Waals surface area contributed by atoms with Crippen molar-refractivity contribution < 1.29 is 5.11 Å². The Morgan fingerprint density at radius 3 is 2.60 bits per heavy atom. The first kappa shape index (κ1) is 10.5. The molecule has 0 spiro atoms. The smallest absolute Gasteiger partial charge is 0.119 e. The Labute approximate surface area is 92.1 Å². The van der Waals surface area contributed by atoms with Crippen molar-refractivity contribution in [3.63, 3.8) is 0 Å². The van der Waals surface area contributed by atoms with Gasteiger partial charge in [-0.15, -0.1) is 0 Å². The van der Waals surface area contributed by atoms with Crippen molar-refractivity contribution >= 4 is 0 Å². The van der Waals surface area contributed by atoms with Crippen molar-refractivity contribution in [2.75, 3.05) is 0 Å². The Hall–Kier alpha value is -0.980. The van der Waals surface area contributed by atoms with Gasteiger partial charge in [0.25, 0.3) is 0 Å². The monoisotopic (exact) mass is 204 g/mol. The fourth-order valence-corrected chi connectivity index (χ4v) is 2.85. The lowest BCUT2D eigenvalue weighted by atomic mass is 9.66. The van der Waals surface area contributed by atoms with Gasteiger partial charge in [0.05, 0.1) is 0 Å². The molecular formula is C14H20O. The highest BCUT2D eigenvalue weighted by Gasteiger charge is 2.34. The van der Waals surface area contributed by atoms with Crippen molar-refractivity contribution in [3.05, 3.63) is 29.8 Å². The van der Waals surface area contributed by atoms with Gasteiger partial charge in [0.1, 0.15) is 5.75 Å². The Bertz CT molecular complexity index is 341. The number of hydrogen-bond donors (Lipinski definition) is 1. The topological polar surface area (TPSA) is 20.2 Å². The van der Waals surface area contributed by atoms with Gasteiger partial charge in [0.2, 0.25) is 0 Å². The normalized spacial score (nSPS) is 25.1. The number of aromatic hydroxyl groups is 1. The molecule has 0 amide bonds. The van der Waals surface area contributed by atoms with Crippen molar-refractivity contribution in [1.29, 1.82) is 0 Å². The van der Waals surface area contributed by atoms with E-state index in [0.29, 0.717) is 17.1 Å². The summed E-state index contributed by atoms with van der Waals surface area (Å²) in [5.41, 5.74) is 1.47. The minimum absolute atomic E-state index is 0.330. The highest BCUT2D eigenvalue weighted by Crippen LogP contribution is 2.48. The van der Waals surface area contributed by atoms with Gasteiger partial charge in [-0.2, -0.15) is 0 Å². The molecule has 0 saturated heterocycles. The average Bonchev–Trinajstić information content (AvgIpc) is 2.19. The van der Waals surface area contributed by atoms with Crippen LogP contribution in [-0.4, -0.2) is 5.11 Å². The zero-order chi connectivity index (χ0) is 10.9. The third kappa shape index (κ3) is 2.01. The van der Waals surface area contributed by atoms with E-state index >= 15 is 0 Å². The van der Waals surface area contributed by atoms with Crippen molar-refractivity contribution in [2.24, 2.45) is 5.41 Å². The molecule has 1 aliphatic carbocycles. The Morgan fingerprint density at radius 2 is 1.93 bits per heavy atom. The van der Waals surface area contributed by atoms with Gasteiger partial charge < -0.3 is 5.11 Å². The third-order valence-corrected chi connectivity index (χ3v) is 3.82. The molecule has 2 rings (SSSR count). The lowest BCUT2D eigenvalue weighted by Crippen LogP contribution is -2.25. The first-order valence-corrected chi connectivity index (χ1v) is 5.89.